The van der Waals surface area contributed by atoms with E-state index in [-0.39, 0.29) is 5.71 Å². The van der Waals surface area contributed by atoms with E-state index in [4.69, 9.17) is 5.11 Å². The highest BCUT2D eigenvalue weighted by Gasteiger charge is 2.09. The van der Waals surface area contributed by atoms with Crippen molar-refractivity contribution >= 4 is 17.4 Å². The van der Waals surface area contributed by atoms with Crippen LogP contribution >= 0.6 is 0 Å². The molecule has 0 heterocycles. The second-order valence-electron chi connectivity index (χ2n) is 4.30. The van der Waals surface area contributed by atoms with Crippen molar-refractivity contribution in [2.24, 2.45) is 5.10 Å². The number of hydrogen-bond acceptors (Lipinski definition) is 3. The van der Waals surface area contributed by atoms with E-state index in [9.17, 15) is 4.79 Å². The van der Waals surface area contributed by atoms with E-state index in [2.05, 4.69) is 22.7 Å². The van der Waals surface area contributed by atoms with Gasteiger partial charge >= 0.3 is 5.97 Å². The van der Waals surface area contributed by atoms with E-state index in [0.717, 1.165) is 18.5 Å². The zero-order chi connectivity index (χ0) is 12.3. The SMILES string of the molecule is C/C(=N/Nc1ccc2c(c1)CCCC2)C(=O)O. The summed E-state index contributed by atoms with van der Waals surface area (Å²) in [7, 11) is 0. The van der Waals surface area contributed by atoms with Crippen molar-refractivity contribution in [3.05, 3.63) is 29.3 Å². The number of nitrogens with one attached hydrogen (secondary N) is 1. The maximum absolute atomic E-state index is 10.6. The standard InChI is InChI=1S/C13H16N2O2/c1-9(13(16)17)14-15-12-7-6-10-4-2-3-5-11(10)8-12/h6-8,15H,2-5H2,1H3,(H,16,17)/b14-9-. The first-order chi connectivity index (χ1) is 8.16. The lowest BCUT2D eigenvalue weighted by Gasteiger charge is -2.16. The largest absolute Gasteiger partial charge is 0.477 e. The molecule has 0 unspecified atom stereocenters. The fourth-order valence-electron chi connectivity index (χ4n) is 2.00. The highest BCUT2D eigenvalue weighted by Crippen LogP contribution is 2.24. The number of carboxylic acid groups (broad SMARTS) is 1. The number of fused-ring (bicyclic) bond motifs is 1. The molecular formula is C13H16N2O2. The molecule has 4 heteroatoms. The van der Waals surface area contributed by atoms with E-state index in [1.807, 2.05) is 6.07 Å². The first-order valence-electron chi connectivity index (χ1n) is 5.82. The van der Waals surface area contributed by atoms with Crippen LogP contribution in [0.1, 0.15) is 30.9 Å². The normalized spacial score (nSPS) is 15.2. The summed E-state index contributed by atoms with van der Waals surface area (Å²) in [6, 6.07) is 6.11. The van der Waals surface area contributed by atoms with Crippen molar-refractivity contribution in [3.63, 3.8) is 0 Å². The predicted molar refractivity (Wildman–Crippen MR) is 67.5 cm³/mol. The Kier molecular flexibility index (Phi) is 3.42. The number of nitrogens with zero attached hydrogens (tertiary/aromatic N) is 1. The van der Waals surface area contributed by atoms with Crippen molar-refractivity contribution < 1.29 is 9.90 Å². The molecule has 0 amide bonds. The van der Waals surface area contributed by atoms with E-state index in [0.29, 0.717) is 0 Å². The van der Waals surface area contributed by atoms with Gasteiger partial charge in [0.05, 0.1) is 5.69 Å². The second kappa shape index (κ2) is 4.99. The molecule has 0 saturated heterocycles. The molecule has 0 spiro atoms. The minimum atomic E-state index is -1.00. The van der Waals surface area contributed by atoms with Crippen LogP contribution in [0.3, 0.4) is 0 Å². The average Bonchev–Trinajstić information content (AvgIpc) is 2.35. The Hall–Kier alpha value is -1.84. The lowest BCUT2D eigenvalue weighted by molar-refractivity contribution is -0.129. The summed E-state index contributed by atoms with van der Waals surface area (Å²) in [6.45, 7) is 1.47. The number of hydrazone groups is 1. The maximum atomic E-state index is 10.6. The number of carboxylic acids is 1. The lowest BCUT2D eigenvalue weighted by atomic mass is 9.91. The van der Waals surface area contributed by atoms with E-state index in [1.165, 1.54) is 30.9 Å². The molecule has 90 valence electrons. The van der Waals surface area contributed by atoms with Crippen LogP contribution in [0.2, 0.25) is 0 Å². The lowest BCUT2D eigenvalue weighted by Crippen LogP contribution is -2.10. The fourth-order valence-corrected chi connectivity index (χ4v) is 2.00. The zero-order valence-electron chi connectivity index (χ0n) is 9.86. The van der Waals surface area contributed by atoms with Gasteiger partial charge in [-0.3, -0.25) is 5.43 Å². The fraction of sp³-hybridized carbons (Fsp3) is 0.385. The maximum Gasteiger partial charge on any atom is 0.351 e. The molecule has 0 radical (unpaired) electrons. The third-order valence-electron chi connectivity index (χ3n) is 3.01. The average molecular weight is 232 g/mol. The Morgan fingerprint density at radius 3 is 2.71 bits per heavy atom. The molecule has 0 atom stereocenters. The molecule has 2 N–H and O–H groups in total. The highest BCUT2D eigenvalue weighted by molar-refractivity contribution is 6.34. The van der Waals surface area contributed by atoms with Crippen LogP contribution in [-0.4, -0.2) is 16.8 Å². The van der Waals surface area contributed by atoms with Gasteiger partial charge in [-0.15, -0.1) is 0 Å². The number of benzene rings is 1. The van der Waals surface area contributed by atoms with Crippen molar-refractivity contribution in [3.8, 4) is 0 Å². The molecule has 1 aliphatic carbocycles. The van der Waals surface area contributed by atoms with Crippen molar-refractivity contribution in [1.29, 1.82) is 0 Å². The summed E-state index contributed by atoms with van der Waals surface area (Å²) < 4.78 is 0. The summed E-state index contributed by atoms with van der Waals surface area (Å²) in [5.41, 5.74) is 6.45. The monoisotopic (exact) mass is 232 g/mol. The topological polar surface area (TPSA) is 61.7 Å². The summed E-state index contributed by atoms with van der Waals surface area (Å²) in [5, 5.41) is 12.5. The second-order valence-corrected chi connectivity index (χ2v) is 4.30. The van der Waals surface area contributed by atoms with Crippen LogP contribution in [0.5, 0.6) is 0 Å². The Morgan fingerprint density at radius 2 is 2.00 bits per heavy atom. The summed E-state index contributed by atoms with van der Waals surface area (Å²) in [4.78, 5) is 10.6. The van der Waals surface area contributed by atoms with Crippen LogP contribution in [0, 0.1) is 0 Å². The van der Waals surface area contributed by atoms with Gasteiger partial charge in [0.25, 0.3) is 0 Å². The van der Waals surface area contributed by atoms with Gasteiger partial charge in [-0.2, -0.15) is 5.10 Å². The van der Waals surface area contributed by atoms with Gasteiger partial charge in [0.2, 0.25) is 0 Å². The number of rotatable bonds is 3. The predicted octanol–water partition coefficient (Wildman–Crippen LogP) is 2.44. The number of hydrogen-bond donors (Lipinski definition) is 2. The van der Waals surface area contributed by atoms with Crippen molar-refractivity contribution in [1.82, 2.24) is 0 Å². The Labute approximate surface area is 100 Å². The van der Waals surface area contributed by atoms with Crippen LogP contribution < -0.4 is 5.43 Å². The molecule has 1 aliphatic rings. The molecule has 2 rings (SSSR count). The minimum absolute atomic E-state index is 0.0581. The number of anilines is 1. The number of aliphatic carboxylic acids is 1. The molecule has 0 saturated carbocycles. The van der Waals surface area contributed by atoms with Crippen LogP contribution in [-0.2, 0) is 17.6 Å². The first kappa shape index (κ1) is 11.6. The van der Waals surface area contributed by atoms with Gasteiger partial charge in [-0.05, 0) is 55.9 Å². The van der Waals surface area contributed by atoms with E-state index in [1.54, 1.807) is 0 Å². The Morgan fingerprint density at radius 1 is 1.29 bits per heavy atom. The van der Waals surface area contributed by atoms with Gasteiger partial charge in [0.15, 0.2) is 0 Å². The van der Waals surface area contributed by atoms with Crippen LogP contribution in [0.15, 0.2) is 23.3 Å². The molecular weight excluding hydrogens is 216 g/mol. The van der Waals surface area contributed by atoms with Gasteiger partial charge in [-0.1, -0.05) is 6.07 Å². The summed E-state index contributed by atoms with van der Waals surface area (Å²) >= 11 is 0. The van der Waals surface area contributed by atoms with Gasteiger partial charge in [-0.25, -0.2) is 4.79 Å². The molecule has 0 fully saturated rings. The van der Waals surface area contributed by atoms with Crippen LogP contribution in [0.25, 0.3) is 0 Å². The van der Waals surface area contributed by atoms with Gasteiger partial charge in [0.1, 0.15) is 5.71 Å². The highest BCUT2D eigenvalue weighted by atomic mass is 16.4. The molecule has 1 aromatic rings. The van der Waals surface area contributed by atoms with Crippen LogP contribution in [0.4, 0.5) is 5.69 Å². The summed E-state index contributed by atoms with van der Waals surface area (Å²) in [5.74, 6) is -1.00. The molecule has 1 aromatic carbocycles. The molecule has 0 aliphatic heterocycles. The number of aryl methyl sites for hydroxylation is 2. The van der Waals surface area contributed by atoms with Gasteiger partial charge in [0, 0.05) is 0 Å². The van der Waals surface area contributed by atoms with E-state index >= 15 is 0 Å². The van der Waals surface area contributed by atoms with Gasteiger partial charge < -0.3 is 5.11 Å². The number of carbonyl (C=O) groups is 1. The van der Waals surface area contributed by atoms with E-state index < -0.39 is 5.97 Å². The Bertz CT molecular complexity index is 466. The smallest absolute Gasteiger partial charge is 0.351 e. The Balaban J connectivity index is 2.12. The zero-order valence-corrected chi connectivity index (χ0v) is 9.86. The third-order valence-corrected chi connectivity index (χ3v) is 3.01. The minimum Gasteiger partial charge on any atom is -0.477 e. The summed E-state index contributed by atoms with van der Waals surface area (Å²) in [6.07, 6.45) is 4.74. The van der Waals surface area contributed by atoms with Crippen molar-refractivity contribution in [2.45, 2.75) is 32.6 Å². The molecule has 4 nitrogen and oxygen atoms in total. The first-order valence-corrected chi connectivity index (χ1v) is 5.82. The quantitative estimate of drug-likeness (QED) is 0.621. The molecule has 17 heavy (non-hydrogen) atoms. The van der Waals surface area contributed by atoms with Crippen molar-refractivity contribution in [2.75, 3.05) is 5.43 Å². The molecule has 0 bridgehead atoms. The third kappa shape index (κ3) is 2.84. The molecule has 0 aromatic heterocycles.